The van der Waals surface area contributed by atoms with Crippen molar-refractivity contribution in [1.29, 1.82) is 5.41 Å². The highest BCUT2D eigenvalue weighted by atomic mass is 14.9. The van der Waals surface area contributed by atoms with Crippen LogP contribution in [0.15, 0.2) is 16.4 Å². The highest BCUT2D eigenvalue weighted by molar-refractivity contribution is 5.94. The maximum Gasteiger partial charge on any atom is 0.140 e. The van der Waals surface area contributed by atoms with E-state index in [-0.39, 0.29) is 11.5 Å². The Morgan fingerprint density at radius 1 is 1.18 bits per heavy atom. The van der Waals surface area contributed by atoms with Crippen LogP contribution in [0.1, 0.15) is 13.8 Å². The van der Waals surface area contributed by atoms with Crippen LogP contribution in [0.5, 0.6) is 0 Å². The highest BCUT2D eigenvalue weighted by Gasteiger charge is 1.98. The van der Waals surface area contributed by atoms with E-state index in [0.717, 1.165) is 0 Å². The fraction of sp³-hybridized carbons (Fsp3) is 0.333. The summed E-state index contributed by atoms with van der Waals surface area (Å²) >= 11 is 0. The molecular weight excluding hydrogens is 142 g/mol. The molecule has 0 aromatic heterocycles. The first-order chi connectivity index (χ1) is 4.95. The molecule has 0 spiro atoms. The van der Waals surface area contributed by atoms with Crippen LogP contribution in [0.3, 0.4) is 0 Å². The number of hydrogen-bond acceptors (Lipinski definition) is 3. The number of amidine groups is 2. The molecule has 0 radical (unpaired) electrons. The van der Waals surface area contributed by atoms with Gasteiger partial charge in [0.2, 0.25) is 0 Å². The van der Waals surface area contributed by atoms with Gasteiger partial charge in [-0.1, -0.05) is 0 Å². The van der Waals surface area contributed by atoms with E-state index in [1.165, 1.54) is 0 Å². The average molecular weight is 155 g/mol. The van der Waals surface area contributed by atoms with E-state index in [4.69, 9.17) is 22.6 Å². The lowest BCUT2D eigenvalue weighted by Crippen LogP contribution is -2.21. The topological polar surface area (TPSA) is 114 Å². The van der Waals surface area contributed by atoms with Gasteiger partial charge in [-0.15, -0.1) is 0 Å². The zero-order valence-electron chi connectivity index (χ0n) is 6.68. The lowest BCUT2D eigenvalue weighted by molar-refractivity contribution is 1.19. The smallest absolute Gasteiger partial charge is 0.140 e. The Kier molecular flexibility index (Phi) is 3.10. The van der Waals surface area contributed by atoms with Gasteiger partial charge in [0.1, 0.15) is 5.84 Å². The summed E-state index contributed by atoms with van der Waals surface area (Å²) in [6, 6.07) is 0. The number of nitrogens with two attached hydrogens (primary N) is 3. The minimum Gasteiger partial charge on any atom is -0.394 e. The van der Waals surface area contributed by atoms with Crippen molar-refractivity contribution in [2.45, 2.75) is 13.8 Å². The average Bonchev–Trinajstić information content (AvgIpc) is 1.84. The SMILES string of the molecule is CC(N)=N/C(C)=C(/N)C(=N)N. The van der Waals surface area contributed by atoms with Crippen molar-refractivity contribution in [3.63, 3.8) is 0 Å². The third-order valence-electron chi connectivity index (χ3n) is 1.02. The first kappa shape index (κ1) is 9.48. The first-order valence-corrected chi connectivity index (χ1v) is 3.06. The van der Waals surface area contributed by atoms with Crippen LogP contribution < -0.4 is 17.2 Å². The van der Waals surface area contributed by atoms with E-state index in [1.54, 1.807) is 13.8 Å². The van der Waals surface area contributed by atoms with Gasteiger partial charge in [-0.25, -0.2) is 4.99 Å². The van der Waals surface area contributed by atoms with Gasteiger partial charge in [-0.3, -0.25) is 5.41 Å². The minimum absolute atomic E-state index is 0.162. The standard InChI is InChI=1S/C6H13N5/c1-3(11-4(2)7)5(8)6(9)10/h8H2,1-2H3,(H2,7,11)(H3,9,10)/b5-3+. The predicted octanol–water partition coefficient (Wildman–Crippen LogP) is -0.510. The van der Waals surface area contributed by atoms with E-state index < -0.39 is 0 Å². The monoisotopic (exact) mass is 155 g/mol. The molecule has 0 aliphatic rings. The Morgan fingerprint density at radius 3 is 1.91 bits per heavy atom. The molecule has 0 aliphatic carbocycles. The molecule has 0 heterocycles. The summed E-state index contributed by atoms with van der Waals surface area (Å²) < 4.78 is 0. The molecule has 0 saturated heterocycles. The number of aliphatic imine (C=N–C) groups is 1. The second-order valence-electron chi connectivity index (χ2n) is 2.17. The Bertz CT molecular complexity index is 221. The van der Waals surface area contributed by atoms with E-state index in [2.05, 4.69) is 4.99 Å². The molecule has 5 heteroatoms. The molecule has 7 N–H and O–H groups in total. The van der Waals surface area contributed by atoms with Gasteiger partial charge in [0.25, 0.3) is 0 Å². The molecular formula is C6H13N5. The number of rotatable bonds is 2. The molecule has 0 unspecified atom stereocenters. The zero-order valence-corrected chi connectivity index (χ0v) is 6.68. The van der Waals surface area contributed by atoms with E-state index in [0.29, 0.717) is 11.5 Å². The Labute approximate surface area is 65.5 Å². The lowest BCUT2D eigenvalue weighted by atomic mass is 10.3. The van der Waals surface area contributed by atoms with Crippen molar-refractivity contribution >= 4 is 11.7 Å². The van der Waals surface area contributed by atoms with Gasteiger partial charge in [-0.05, 0) is 13.8 Å². The molecule has 0 fully saturated rings. The van der Waals surface area contributed by atoms with Crippen LogP contribution in [0.2, 0.25) is 0 Å². The quantitative estimate of drug-likeness (QED) is 0.318. The zero-order chi connectivity index (χ0) is 9.02. The summed E-state index contributed by atoms with van der Waals surface area (Å²) in [7, 11) is 0. The molecule has 0 amide bonds. The summed E-state index contributed by atoms with van der Waals surface area (Å²) in [5.41, 5.74) is 16.4. The predicted molar refractivity (Wildman–Crippen MR) is 46.1 cm³/mol. The number of nitrogens with one attached hydrogen (secondary N) is 1. The van der Waals surface area contributed by atoms with E-state index in [1.807, 2.05) is 0 Å². The lowest BCUT2D eigenvalue weighted by Gasteiger charge is -2.00. The highest BCUT2D eigenvalue weighted by Crippen LogP contribution is 1.98. The molecule has 0 bridgehead atoms. The fourth-order valence-corrected chi connectivity index (χ4v) is 0.520. The molecule has 5 nitrogen and oxygen atoms in total. The summed E-state index contributed by atoms with van der Waals surface area (Å²) in [4.78, 5) is 3.83. The molecule has 0 rings (SSSR count). The van der Waals surface area contributed by atoms with Crippen molar-refractivity contribution in [3.8, 4) is 0 Å². The van der Waals surface area contributed by atoms with Crippen molar-refractivity contribution in [1.82, 2.24) is 0 Å². The molecule has 0 saturated carbocycles. The maximum absolute atomic E-state index is 6.96. The number of hydrogen-bond donors (Lipinski definition) is 4. The van der Waals surface area contributed by atoms with Crippen LogP contribution in [0, 0.1) is 5.41 Å². The van der Waals surface area contributed by atoms with Crippen molar-refractivity contribution < 1.29 is 0 Å². The van der Waals surface area contributed by atoms with Gasteiger partial charge in [0.15, 0.2) is 0 Å². The normalized spacial score (nSPS) is 14.2. The second kappa shape index (κ2) is 3.60. The van der Waals surface area contributed by atoms with Crippen LogP contribution in [-0.4, -0.2) is 11.7 Å². The summed E-state index contributed by atoms with van der Waals surface area (Å²) in [5.74, 6) is 0.208. The van der Waals surface area contributed by atoms with Crippen molar-refractivity contribution in [3.05, 3.63) is 11.4 Å². The summed E-state index contributed by atoms with van der Waals surface area (Å²) in [6.45, 7) is 3.28. The second-order valence-corrected chi connectivity index (χ2v) is 2.17. The third kappa shape index (κ3) is 3.24. The maximum atomic E-state index is 6.96. The van der Waals surface area contributed by atoms with E-state index in [9.17, 15) is 0 Å². The Morgan fingerprint density at radius 2 is 1.64 bits per heavy atom. The molecule has 0 aromatic carbocycles. The number of nitrogens with zero attached hydrogens (tertiary/aromatic N) is 1. The largest absolute Gasteiger partial charge is 0.394 e. The van der Waals surface area contributed by atoms with Gasteiger partial charge < -0.3 is 17.2 Å². The van der Waals surface area contributed by atoms with Crippen LogP contribution >= 0.6 is 0 Å². The van der Waals surface area contributed by atoms with Gasteiger partial charge in [0, 0.05) is 0 Å². The van der Waals surface area contributed by atoms with E-state index >= 15 is 0 Å². The minimum atomic E-state index is -0.187. The molecule has 0 atom stereocenters. The van der Waals surface area contributed by atoms with Crippen molar-refractivity contribution in [2.24, 2.45) is 22.2 Å². The Balaban J connectivity index is 4.68. The molecule has 0 aromatic rings. The van der Waals surface area contributed by atoms with Crippen LogP contribution in [0.25, 0.3) is 0 Å². The summed E-state index contributed by atoms with van der Waals surface area (Å²) in [6.07, 6.45) is 0. The fourth-order valence-electron chi connectivity index (χ4n) is 0.520. The van der Waals surface area contributed by atoms with Crippen molar-refractivity contribution in [2.75, 3.05) is 0 Å². The van der Waals surface area contributed by atoms with Gasteiger partial charge >= 0.3 is 0 Å². The molecule has 0 aliphatic heterocycles. The first-order valence-electron chi connectivity index (χ1n) is 3.06. The Hall–Kier alpha value is -1.52. The van der Waals surface area contributed by atoms with Gasteiger partial charge in [0.05, 0.1) is 17.2 Å². The van der Waals surface area contributed by atoms with Gasteiger partial charge in [-0.2, -0.15) is 0 Å². The molecule has 11 heavy (non-hydrogen) atoms. The van der Waals surface area contributed by atoms with Crippen LogP contribution in [0.4, 0.5) is 0 Å². The molecule has 62 valence electrons. The third-order valence-corrected chi connectivity index (χ3v) is 1.02. The van der Waals surface area contributed by atoms with Crippen LogP contribution in [-0.2, 0) is 0 Å². The number of allylic oxidation sites excluding steroid dienone is 1. The summed E-state index contributed by atoms with van der Waals surface area (Å²) in [5, 5.41) is 6.96.